The number of fused-ring (bicyclic) bond motifs is 1. The molecule has 20 heavy (non-hydrogen) atoms. The molecule has 0 bridgehead atoms. The van der Waals surface area contributed by atoms with E-state index in [0.717, 1.165) is 29.9 Å². The van der Waals surface area contributed by atoms with Crippen LogP contribution in [-0.4, -0.2) is 32.2 Å². The van der Waals surface area contributed by atoms with Crippen LogP contribution in [0.3, 0.4) is 0 Å². The highest BCUT2D eigenvalue weighted by Crippen LogP contribution is 2.25. The minimum Gasteiger partial charge on any atom is -0.389 e. The number of hydrogen-bond donors (Lipinski definition) is 2. The van der Waals surface area contributed by atoms with E-state index in [2.05, 4.69) is 11.4 Å². The van der Waals surface area contributed by atoms with Crippen molar-refractivity contribution in [1.82, 2.24) is 4.98 Å². The summed E-state index contributed by atoms with van der Waals surface area (Å²) in [5, 5.41) is 3.30. The van der Waals surface area contributed by atoms with Gasteiger partial charge in [0.15, 0.2) is 0 Å². The van der Waals surface area contributed by atoms with Gasteiger partial charge in [-0.25, -0.2) is 4.98 Å². The van der Waals surface area contributed by atoms with E-state index in [9.17, 15) is 4.21 Å². The van der Waals surface area contributed by atoms with Crippen LogP contribution in [0.2, 0.25) is 0 Å². The topological polar surface area (TPSA) is 68.0 Å². The van der Waals surface area contributed by atoms with Gasteiger partial charge in [-0.2, -0.15) is 0 Å². The van der Waals surface area contributed by atoms with Crippen LogP contribution >= 0.6 is 12.2 Å². The molecule has 1 aromatic heterocycles. The third-order valence-electron chi connectivity index (χ3n) is 3.43. The van der Waals surface area contributed by atoms with Gasteiger partial charge in [-0.05, 0) is 44.2 Å². The summed E-state index contributed by atoms with van der Waals surface area (Å²) in [6.07, 6.45) is 6.14. The average molecular weight is 311 g/mol. The molecule has 0 aromatic carbocycles. The molecule has 0 saturated heterocycles. The molecule has 1 aliphatic rings. The number of aromatic nitrogens is 1. The van der Waals surface area contributed by atoms with Crippen molar-refractivity contribution in [2.24, 2.45) is 5.73 Å². The van der Waals surface area contributed by atoms with Crippen molar-refractivity contribution < 1.29 is 4.21 Å². The summed E-state index contributed by atoms with van der Waals surface area (Å²) in [7, 11) is -0.843. The Morgan fingerprint density at radius 2 is 2.25 bits per heavy atom. The highest BCUT2D eigenvalue weighted by atomic mass is 32.2. The number of rotatable bonds is 5. The standard InChI is InChI=1S/C14H21N3OS2/c1-9(8-20(2)18)16-14-11(13(15)19)7-10-5-3-4-6-12(10)17-14/h7,9H,3-6,8H2,1-2H3,(H2,15,19)(H,16,17). The zero-order chi connectivity index (χ0) is 14.7. The lowest BCUT2D eigenvalue weighted by Crippen LogP contribution is -2.26. The largest absolute Gasteiger partial charge is 0.389 e. The van der Waals surface area contributed by atoms with Gasteiger partial charge in [0.25, 0.3) is 0 Å². The maximum atomic E-state index is 11.3. The normalized spacial score (nSPS) is 17.1. The summed E-state index contributed by atoms with van der Waals surface area (Å²) in [6, 6.07) is 2.14. The Balaban J connectivity index is 2.30. The predicted molar refractivity (Wildman–Crippen MR) is 88.8 cm³/mol. The van der Waals surface area contributed by atoms with E-state index in [0.29, 0.717) is 10.7 Å². The Morgan fingerprint density at radius 1 is 1.55 bits per heavy atom. The molecule has 0 amide bonds. The molecular formula is C14H21N3OS2. The fourth-order valence-corrected chi connectivity index (χ4v) is 3.50. The van der Waals surface area contributed by atoms with E-state index in [1.54, 1.807) is 6.26 Å². The van der Waals surface area contributed by atoms with Crippen molar-refractivity contribution in [2.45, 2.75) is 38.6 Å². The van der Waals surface area contributed by atoms with Crippen LogP contribution in [0.1, 0.15) is 36.6 Å². The van der Waals surface area contributed by atoms with Gasteiger partial charge in [-0.1, -0.05) is 12.2 Å². The van der Waals surface area contributed by atoms with Crippen molar-refractivity contribution >= 4 is 33.8 Å². The van der Waals surface area contributed by atoms with Crippen LogP contribution in [0.25, 0.3) is 0 Å². The third-order valence-corrected chi connectivity index (χ3v) is 4.62. The molecule has 2 rings (SSSR count). The van der Waals surface area contributed by atoms with E-state index in [1.165, 1.54) is 18.4 Å². The van der Waals surface area contributed by atoms with E-state index in [1.807, 2.05) is 6.92 Å². The van der Waals surface area contributed by atoms with Gasteiger partial charge in [0.1, 0.15) is 10.8 Å². The first-order valence-electron chi connectivity index (χ1n) is 6.86. The van der Waals surface area contributed by atoms with Gasteiger partial charge in [0.2, 0.25) is 0 Å². The average Bonchev–Trinajstić information content (AvgIpc) is 2.36. The Morgan fingerprint density at radius 3 is 2.90 bits per heavy atom. The van der Waals surface area contributed by atoms with Crippen molar-refractivity contribution in [2.75, 3.05) is 17.3 Å². The number of nitrogens with zero attached hydrogens (tertiary/aromatic N) is 1. The second-order valence-corrected chi connectivity index (χ2v) is 7.27. The van der Waals surface area contributed by atoms with Gasteiger partial charge in [-0.15, -0.1) is 0 Å². The summed E-state index contributed by atoms with van der Waals surface area (Å²) in [5.74, 6) is 1.31. The van der Waals surface area contributed by atoms with E-state index < -0.39 is 10.8 Å². The summed E-state index contributed by atoms with van der Waals surface area (Å²) in [4.78, 5) is 5.06. The van der Waals surface area contributed by atoms with E-state index >= 15 is 0 Å². The molecule has 1 aromatic rings. The van der Waals surface area contributed by atoms with Gasteiger partial charge in [-0.3, -0.25) is 4.21 Å². The number of pyridine rings is 1. The molecule has 1 aliphatic carbocycles. The summed E-state index contributed by atoms with van der Waals surface area (Å²) < 4.78 is 11.3. The van der Waals surface area contributed by atoms with Crippen LogP contribution in [0.4, 0.5) is 5.82 Å². The number of nitrogens with two attached hydrogens (primary N) is 1. The zero-order valence-corrected chi connectivity index (χ0v) is 13.6. The minimum absolute atomic E-state index is 0.0723. The Hall–Kier alpha value is -1.01. The molecule has 2 unspecified atom stereocenters. The first-order valence-corrected chi connectivity index (χ1v) is 9.00. The van der Waals surface area contributed by atoms with Crippen LogP contribution < -0.4 is 11.1 Å². The molecule has 0 aliphatic heterocycles. The number of hydrogen-bond acceptors (Lipinski definition) is 4. The van der Waals surface area contributed by atoms with Gasteiger partial charge >= 0.3 is 0 Å². The molecule has 110 valence electrons. The van der Waals surface area contributed by atoms with Gasteiger partial charge in [0.05, 0.1) is 5.56 Å². The van der Waals surface area contributed by atoms with Crippen LogP contribution in [-0.2, 0) is 23.6 Å². The van der Waals surface area contributed by atoms with E-state index in [4.69, 9.17) is 22.9 Å². The number of thiocarbonyl (C=S) groups is 1. The minimum atomic E-state index is -0.843. The lowest BCUT2D eigenvalue weighted by molar-refractivity contribution is 0.667. The fraction of sp³-hybridized carbons (Fsp3) is 0.571. The molecule has 0 radical (unpaired) electrons. The Kier molecular flexibility index (Phi) is 5.10. The Bertz CT molecular complexity index is 545. The fourth-order valence-electron chi connectivity index (χ4n) is 2.56. The van der Waals surface area contributed by atoms with Crippen molar-refractivity contribution in [3.05, 3.63) is 22.9 Å². The second-order valence-electron chi connectivity index (χ2n) is 5.35. The van der Waals surface area contributed by atoms with Crippen LogP contribution in [0, 0.1) is 0 Å². The first-order chi connectivity index (χ1) is 9.47. The third kappa shape index (κ3) is 3.76. The zero-order valence-electron chi connectivity index (χ0n) is 11.9. The van der Waals surface area contributed by atoms with Crippen molar-refractivity contribution in [1.29, 1.82) is 0 Å². The van der Waals surface area contributed by atoms with Crippen molar-refractivity contribution in [3.63, 3.8) is 0 Å². The lowest BCUT2D eigenvalue weighted by Gasteiger charge is -2.21. The molecule has 2 atom stereocenters. The SMILES string of the molecule is CC(CS(C)=O)Nc1nc2c(cc1C(N)=S)CCCC2. The van der Waals surface area contributed by atoms with Crippen molar-refractivity contribution in [3.8, 4) is 0 Å². The molecule has 4 nitrogen and oxygen atoms in total. The lowest BCUT2D eigenvalue weighted by atomic mass is 9.94. The maximum Gasteiger partial charge on any atom is 0.136 e. The number of nitrogens with one attached hydrogen (secondary N) is 1. The first kappa shape index (κ1) is 15.4. The quantitative estimate of drug-likeness (QED) is 0.811. The van der Waals surface area contributed by atoms with Gasteiger partial charge < -0.3 is 11.1 Å². The molecule has 3 N–H and O–H groups in total. The monoisotopic (exact) mass is 311 g/mol. The Labute approximate surface area is 128 Å². The predicted octanol–water partition coefficient (Wildman–Crippen LogP) is 1.77. The molecular weight excluding hydrogens is 290 g/mol. The summed E-state index contributed by atoms with van der Waals surface area (Å²) in [5.41, 5.74) is 9.02. The highest BCUT2D eigenvalue weighted by molar-refractivity contribution is 7.84. The van der Waals surface area contributed by atoms with Gasteiger partial charge in [0, 0.05) is 34.5 Å². The molecule has 6 heteroatoms. The summed E-state index contributed by atoms with van der Waals surface area (Å²) >= 11 is 5.13. The highest BCUT2D eigenvalue weighted by Gasteiger charge is 2.17. The number of aryl methyl sites for hydroxylation is 2. The van der Waals surface area contributed by atoms with E-state index in [-0.39, 0.29) is 6.04 Å². The second kappa shape index (κ2) is 6.63. The maximum absolute atomic E-state index is 11.3. The summed E-state index contributed by atoms with van der Waals surface area (Å²) in [6.45, 7) is 1.99. The number of anilines is 1. The van der Waals surface area contributed by atoms with Crippen LogP contribution in [0.15, 0.2) is 6.07 Å². The molecule has 0 spiro atoms. The molecule has 1 heterocycles. The molecule has 0 fully saturated rings. The van der Waals surface area contributed by atoms with Crippen LogP contribution in [0.5, 0.6) is 0 Å². The molecule has 0 saturated carbocycles. The smallest absolute Gasteiger partial charge is 0.136 e.